The van der Waals surface area contributed by atoms with Crippen LogP contribution >= 0.6 is 0 Å². The van der Waals surface area contributed by atoms with Crippen LogP contribution in [0.25, 0.3) is 0 Å². The molecule has 0 saturated carbocycles. The average Bonchev–Trinajstić information content (AvgIpc) is 2.60. The third-order valence-corrected chi connectivity index (χ3v) is 3.09. The highest BCUT2D eigenvalue weighted by Gasteiger charge is 2.37. The Balaban J connectivity index is 4.02. The predicted molar refractivity (Wildman–Crippen MR) is 82.8 cm³/mol. The largest absolute Gasteiger partial charge is 0.467 e. The molecular formula is C13H27N4O7. The molecule has 0 spiro atoms. The van der Waals surface area contributed by atoms with Crippen LogP contribution in [0.5, 0.6) is 0 Å². The van der Waals surface area contributed by atoms with E-state index in [9.17, 15) is 30.0 Å². The van der Waals surface area contributed by atoms with Gasteiger partial charge in [0, 0.05) is 39.3 Å². The van der Waals surface area contributed by atoms with Crippen molar-refractivity contribution in [3.05, 3.63) is 0 Å². The molecule has 141 valence electrons. The Bertz CT molecular complexity index is 372. The molecule has 1 radical (unpaired) electrons. The van der Waals surface area contributed by atoms with E-state index in [4.69, 9.17) is 5.73 Å². The summed E-state index contributed by atoms with van der Waals surface area (Å²) in [5.41, 5.74) is 6.93. The molecule has 0 aliphatic heterocycles. The number of carbonyl (C=O) groups excluding carboxylic acids is 2. The Hall–Kier alpha value is -1.34. The fourth-order valence-electron chi connectivity index (χ4n) is 1.68. The van der Waals surface area contributed by atoms with Gasteiger partial charge in [0.15, 0.2) is 12.2 Å². The summed E-state index contributed by atoms with van der Waals surface area (Å²) in [6, 6.07) is 0. The van der Waals surface area contributed by atoms with Gasteiger partial charge in [0.2, 0.25) is 0 Å². The first-order valence-electron chi connectivity index (χ1n) is 7.50. The van der Waals surface area contributed by atoms with E-state index >= 15 is 0 Å². The number of amides is 1. The number of rotatable bonds is 13. The summed E-state index contributed by atoms with van der Waals surface area (Å²) in [6.07, 6.45) is -8.22. The highest BCUT2D eigenvalue weighted by molar-refractivity contribution is 5.81. The van der Waals surface area contributed by atoms with Gasteiger partial charge in [-0.15, -0.1) is 0 Å². The fraction of sp³-hybridized carbons (Fsp3) is 0.846. The van der Waals surface area contributed by atoms with Crippen molar-refractivity contribution in [1.82, 2.24) is 21.7 Å². The maximum atomic E-state index is 11.6. The zero-order chi connectivity index (χ0) is 18.5. The monoisotopic (exact) mass is 351 g/mol. The summed E-state index contributed by atoms with van der Waals surface area (Å²) in [5, 5.41) is 46.5. The Morgan fingerprint density at radius 1 is 0.917 bits per heavy atom. The van der Waals surface area contributed by atoms with Crippen LogP contribution in [0.3, 0.4) is 0 Å². The van der Waals surface area contributed by atoms with E-state index in [1.165, 1.54) is 0 Å². The third-order valence-electron chi connectivity index (χ3n) is 3.09. The van der Waals surface area contributed by atoms with Crippen molar-refractivity contribution in [3.63, 3.8) is 0 Å². The van der Waals surface area contributed by atoms with Gasteiger partial charge in [-0.25, -0.2) is 4.79 Å². The van der Waals surface area contributed by atoms with Gasteiger partial charge in [0.05, 0.1) is 7.11 Å². The Labute approximate surface area is 140 Å². The van der Waals surface area contributed by atoms with Gasteiger partial charge in [0.25, 0.3) is 5.91 Å². The molecule has 0 aliphatic rings. The summed E-state index contributed by atoms with van der Waals surface area (Å²) in [5.74, 6) is -2.15. The van der Waals surface area contributed by atoms with Gasteiger partial charge in [-0.05, 0) is 0 Å². The van der Waals surface area contributed by atoms with E-state index < -0.39 is 36.3 Å². The van der Waals surface area contributed by atoms with Crippen LogP contribution in [0.2, 0.25) is 0 Å². The molecular weight excluding hydrogens is 324 g/mol. The number of hydrogen-bond donors (Lipinski definition) is 7. The highest BCUT2D eigenvalue weighted by atomic mass is 16.5. The highest BCUT2D eigenvalue weighted by Crippen LogP contribution is 2.06. The van der Waals surface area contributed by atoms with Gasteiger partial charge >= 0.3 is 5.97 Å². The zero-order valence-electron chi connectivity index (χ0n) is 13.6. The second-order valence-corrected chi connectivity index (χ2v) is 4.94. The molecule has 1 amide bonds. The molecule has 4 atom stereocenters. The number of aliphatic hydroxyl groups is 4. The van der Waals surface area contributed by atoms with Crippen LogP contribution in [0, 0.1) is 0 Å². The molecule has 0 aromatic heterocycles. The Morgan fingerprint density at radius 2 is 1.42 bits per heavy atom. The number of nitrogens with one attached hydrogen (secondary N) is 4. The van der Waals surface area contributed by atoms with Crippen molar-refractivity contribution < 1.29 is 34.8 Å². The van der Waals surface area contributed by atoms with E-state index in [0.717, 1.165) is 7.11 Å². The zero-order valence-corrected chi connectivity index (χ0v) is 13.6. The lowest BCUT2D eigenvalue weighted by Gasteiger charge is -2.24. The van der Waals surface area contributed by atoms with Crippen LogP contribution < -0.4 is 21.7 Å². The Morgan fingerprint density at radius 3 is 1.96 bits per heavy atom. The molecule has 11 heteroatoms. The minimum absolute atomic E-state index is 0.163. The van der Waals surface area contributed by atoms with Gasteiger partial charge in [-0.3, -0.25) is 10.5 Å². The lowest BCUT2D eigenvalue weighted by Crippen LogP contribution is -2.53. The molecule has 8 N–H and O–H groups in total. The summed E-state index contributed by atoms with van der Waals surface area (Å²) in [7, 11) is 0.975. The Kier molecular flexibility index (Phi) is 12.3. The number of aliphatic hydroxyl groups excluding tert-OH is 4. The standard InChI is InChI=1S/C13H27N4O7/c1-24-13(23)11(21)9(19)8(18)10(20)12(22)17-7-6-16-5-4-15-3-2-14/h8-11,14-16,18-21H,2-7H2,1H3,(H,17,22)/t8-,9-,10+,11-/m0/s1. The molecule has 0 aromatic carbocycles. The second kappa shape index (κ2) is 13.0. The average molecular weight is 351 g/mol. The molecule has 0 unspecified atom stereocenters. The molecule has 0 saturated heterocycles. The predicted octanol–water partition coefficient (Wildman–Crippen LogP) is -4.82. The number of hydrogen-bond acceptors (Lipinski definition) is 9. The van der Waals surface area contributed by atoms with Gasteiger partial charge in [-0.2, -0.15) is 0 Å². The molecule has 24 heavy (non-hydrogen) atoms. The molecule has 0 bridgehead atoms. The van der Waals surface area contributed by atoms with E-state index in [0.29, 0.717) is 32.7 Å². The van der Waals surface area contributed by atoms with Crippen molar-refractivity contribution in [2.75, 3.05) is 46.4 Å². The number of methoxy groups -OCH3 is 1. The van der Waals surface area contributed by atoms with Crippen LogP contribution in [0.15, 0.2) is 0 Å². The quantitative estimate of drug-likeness (QED) is 0.126. The van der Waals surface area contributed by atoms with Gasteiger partial charge in [0.1, 0.15) is 12.2 Å². The smallest absolute Gasteiger partial charge is 0.337 e. The normalized spacial score (nSPS) is 16.1. The van der Waals surface area contributed by atoms with Crippen LogP contribution in [0.1, 0.15) is 0 Å². The first kappa shape index (κ1) is 22.7. The second-order valence-electron chi connectivity index (χ2n) is 4.94. The maximum absolute atomic E-state index is 11.6. The summed E-state index contributed by atoms with van der Waals surface area (Å²) in [4.78, 5) is 22.7. The molecule has 11 nitrogen and oxygen atoms in total. The van der Waals surface area contributed by atoms with E-state index in [1.54, 1.807) is 0 Å². The first-order chi connectivity index (χ1) is 11.4. The topological polar surface area (TPSA) is 184 Å². The fourth-order valence-corrected chi connectivity index (χ4v) is 1.68. The molecule has 0 fully saturated rings. The molecule has 0 rings (SSSR count). The molecule has 0 aliphatic carbocycles. The lowest BCUT2D eigenvalue weighted by molar-refractivity contribution is -0.169. The maximum Gasteiger partial charge on any atom is 0.337 e. The molecule has 0 aromatic rings. The number of carbonyl (C=O) groups is 2. The summed E-state index contributed by atoms with van der Waals surface area (Å²) in [6.45, 7) is 2.77. The van der Waals surface area contributed by atoms with Crippen molar-refractivity contribution in [2.24, 2.45) is 0 Å². The molecule has 0 heterocycles. The minimum atomic E-state index is -2.08. The number of ether oxygens (including phenoxy) is 1. The van der Waals surface area contributed by atoms with E-state index in [2.05, 4.69) is 20.7 Å². The number of esters is 1. The SMILES string of the molecule is COC(=O)[C@@H](O)[C@@H](O)[C@H](O)[C@@H](O)C(=O)NCCNCCNCC[NH]. The van der Waals surface area contributed by atoms with Crippen molar-refractivity contribution in [3.8, 4) is 0 Å². The van der Waals surface area contributed by atoms with Crippen molar-refractivity contribution in [2.45, 2.75) is 24.4 Å². The van der Waals surface area contributed by atoms with Crippen LogP contribution in [-0.2, 0) is 14.3 Å². The van der Waals surface area contributed by atoms with E-state index in [-0.39, 0.29) is 6.54 Å². The van der Waals surface area contributed by atoms with Crippen molar-refractivity contribution >= 4 is 11.9 Å². The minimum Gasteiger partial charge on any atom is -0.467 e. The first-order valence-corrected chi connectivity index (χ1v) is 7.50. The lowest BCUT2D eigenvalue weighted by atomic mass is 10.0. The third kappa shape index (κ3) is 8.49. The van der Waals surface area contributed by atoms with Gasteiger partial charge < -0.3 is 41.1 Å². The summed E-state index contributed by atoms with van der Waals surface area (Å²) >= 11 is 0. The van der Waals surface area contributed by atoms with Crippen LogP contribution in [-0.4, -0.2) is 103 Å². The van der Waals surface area contributed by atoms with E-state index in [1.807, 2.05) is 0 Å². The van der Waals surface area contributed by atoms with Gasteiger partial charge in [-0.1, -0.05) is 0 Å². The summed E-state index contributed by atoms with van der Waals surface area (Å²) < 4.78 is 4.18. The van der Waals surface area contributed by atoms with Crippen LogP contribution in [0.4, 0.5) is 0 Å². The van der Waals surface area contributed by atoms with Crippen molar-refractivity contribution in [1.29, 1.82) is 0 Å².